The van der Waals surface area contributed by atoms with Crippen molar-refractivity contribution in [2.75, 3.05) is 5.43 Å². The lowest BCUT2D eigenvalue weighted by Gasteiger charge is -2.16. The van der Waals surface area contributed by atoms with E-state index in [0.717, 1.165) is 24.2 Å². The first-order chi connectivity index (χ1) is 7.74. The first-order valence-electron chi connectivity index (χ1n) is 5.56. The fourth-order valence-electron chi connectivity index (χ4n) is 1.68. The highest BCUT2D eigenvalue weighted by Crippen LogP contribution is 2.13. The maximum atomic E-state index is 11.2. The van der Waals surface area contributed by atoms with Crippen LogP contribution in [0.3, 0.4) is 0 Å². The molecule has 3 heteroatoms. The molecule has 0 saturated heterocycles. The van der Waals surface area contributed by atoms with Crippen LogP contribution in [0, 0.1) is 6.92 Å². The molecular weight excluding hydrogens is 200 g/mol. The summed E-state index contributed by atoms with van der Waals surface area (Å²) in [5.74, 6) is 0.208. The Bertz CT molecular complexity index is 406. The number of rotatable bonds is 3. The van der Waals surface area contributed by atoms with Crippen molar-refractivity contribution in [2.45, 2.75) is 26.2 Å². The van der Waals surface area contributed by atoms with Crippen LogP contribution >= 0.6 is 0 Å². The molecule has 1 aromatic rings. The van der Waals surface area contributed by atoms with Crippen molar-refractivity contribution >= 4 is 11.5 Å². The summed E-state index contributed by atoms with van der Waals surface area (Å²) in [7, 11) is 0. The minimum Gasteiger partial charge on any atom is -0.305 e. The van der Waals surface area contributed by atoms with Crippen molar-refractivity contribution < 1.29 is 4.79 Å². The lowest BCUT2D eigenvalue weighted by molar-refractivity contribution is -0.115. The number of anilines is 1. The Hall–Kier alpha value is -1.77. The van der Waals surface area contributed by atoms with Crippen LogP contribution in [-0.2, 0) is 4.79 Å². The molecule has 2 rings (SSSR count). The molecule has 1 aromatic carbocycles. The van der Waals surface area contributed by atoms with E-state index >= 15 is 0 Å². The normalized spacial score (nSPS) is 15.6. The Morgan fingerprint density at radius 1 is 1.06 bits per heavy atom. The molecule has 84 valence electrons. The van der Waals surface area contributed by atoms with E-state index in [2.05, 4.69) is 17.8 Å². The van der Waals surface area contributed by atoms with Gasteiger partial charge in [0.05, 0.1) is 5.69 Å². The second-order valence-corrected chi connectivity index (χ2v) is 4.11. The number of benzene rings is 1. The molecule has 0 radical (unpaired) electrons. The maximum Gasteiger partial charge on any atom is 0.157 e. The molecule has 0 aliphatic heterocycles. The van der Waals surface area contributed by atoms with Crippen LogP contribution in [0.4, 0.5) is 5.69 Å². The van der Waals surface area contributed by atoms with Crippen molar-refractivity contribution in [1.29, 1.82) is 0 Å². The molecule has 3 nitrogen and oxygen atoms in total. The zero-order valence-electron chi connectivity index (χ0n) is 9.42. The predicted molar refractivity (Wildman–Crippen MR) is 64.9 cm³/mol. The van der Waals surface area contributed by atoms with Gasteiger partial charge in [0.2, 0.25) is 0 Å². The van der Waals surface area contributed by atoms with Crippen LogP contribution in [0.1, 0.15) is 24.8 Å². The fraction of sp³-hybridized carbons (Fsp3) is 0.308. The molecule has 2 N–H and O–H groups in total. The van der Waals surface area contributed by atoms with Gasteiger partial charge in [-0.3, -0.25) is 4.79 Å². The van der Waals surface area contributed by atoms with Gasteiger partial charge in [0.1, 0.15) is 0 Å². The Balaban J connectivity index is 1.92. The number of hydrogen-bond donors (Lipinski definition) is 2. The Labute approximate surface area is 95.5 Å². The summed E-state index contributed by atoms with van der Waals surface area (Å²) >= 11 is 0. The summed E-state index contributed by atoms with van der Waals surface area (Å²) in [6, 6.07) is 8.11. The summed E-state index contributed by atoms with van der Waals surface area (Å²) in [5, 5.41) is 0. The SMILES string of the molecule is Cc1ccc(NNC2=CC(=O)CCC2)cc1. The highest BCUT2D eigenvalue weighted by atomic mass is 16.1. The van der Waals surface area contributed by atoms with Crippen LogP contribution < -0.4 is 10.9 Å². The van der Waals surface area contributed by atoms with Gasteiger partial charge in [0, 0.05) is 18.2 Å². The topological polar surface area (TPSA) is 41.1 Å². The van der Waals surface area contributed by atoms with Gasteiger partial charge in [-0.05, 0) is 31.9 Å². The molecule has 16 heavy (non-hydrogen) atoms. The number of carbonyl (C=O) groups is 1. The third kappa shape index (κ3) is 2.86. The largest absolute Gasteiger partial charge is 0.305 e. The van der Waals surface area contributed by atoms with E-state index in [1.165, 1.54) is 5.56 Å². The number of nitrogens with one attached hydrogen (secondary N) is 2. The van der Waals surface area contributed by atoms with Crippen LogP contribution in [0.25, 0.3) is 0 Å². The second kappa shape index (κ2) is 4.84. The van der Waals surface area contributed by atoms with Crippen molar-refractivity contribution in [3.63, 3.8) is 0 Å². The molecule has 0 fully saturated rings. The van der Waals surface area contributed by atoms with Gasteiger partial charge >= 0.3 is 0 Å². The molecule has 0 aromatic heterocycles. The monoisotopic (exact) mass is 216 g/mol. The average Bonchev–Trinajstić information content (AvgIpc) is 2.28. The Morgan fingerprint density at radius 2 is 1.81 bits per heavy atom. The van der Waals surface area contributed by atoms with Crippen molar-refractivity contribution in [2.24, 2.45) is 0 Å². The second-order valence-electron chi connectivity index (χ2n) is 4.11. The smallest absolute Gasteiger partial charge is 0.157 e. The molecule has 0 amide bonds. The van der Waals surface area contributed by atoms with Crippen LogP contribution in [0.2, 0.25) is 0 Å². The predicted octanol–water partition coefficient (Wildman–Crippen LogP) is 2.55. The van der Waals surface area contributed by atoms with Crippen LogP contribution in [0.5, 0.6) is 0 Å². The number of carbonyl (C=O) groups excluding carboxylic acids is 1. The summed E-state index contributed by atoms with van der Waals surface area (Å²) in [4.78, 5) is 11.2. The zero-order valence-corrected chi connectivity index (χ0v) is 9.42. The lowest BCUT2D eigenvalue weighted by Crippen LogP contribution is -2.23. The van der Waals surface area contributed by atoms with E-state index in [-0.39, 0.29) is 5.78 Å². The summed E-state index contributed by atoms with van der Waals surface area (Å²) in [6.45, 7) is 2.06. The van der Waals surface area contributed by atoms with Gasteiger partial charge in [-0.25, -0.2) is 0 Å². The number of allylic oxidation sites excluding steroid dienone is 2. The third-order valence-corrected chi connectivity index (χ3v) is 2.62. The van der Waals surface area contributed by atoms with Crippen LogP contribution in [-0.4, -0.2) is 5.78 Å². The fourth-order valence-corrected chi connectivity index (χ4v) is 1.68. The number of hydrazine groups is 1. The van der Waals surface area contributed by atoms with Crippen molar-refractivity contribution in [3.05, 3.63) is 41.6 Å². The number of hydrogen-bond acceptors (Lipinski definition) is 3. The van der Waals surface area contributed by atoms with Gasteiger partial charge < -0.3 is 10.9 Å². The average molecular weight is 216 g/mol. The molecule has 0 unspecified atom stereocenters. The standard InChI is InChI=1S/C13H16N2O/c1-10-5-7-11(8-6-10)14-15-12-3-2-4-13(16)9-12/h5-9,14-15H,2-4H2,1H3. The summed E-state index contributed by atoms with van der Waals surface area (Å²) in [6.07, 6.45) is 4.23. The van der Waals surface area contributed by atoms with E-state index in [0.29, 0.717) is 6.42 Å². The maximum absolute atomic E-state index is 11.2. The highest BCUT2D eigenvalue weighted by molar-refractivity contribution is 5.91. The molecule has 0 saturated carbocycles. The van der Waals surface area contributed by atoms with E-state index in [1.807, 2.05) is 24.3 Å². The third-order valence-electron chi connectivity index (χ3n) is 2.62. The summed E-state index contributed by atoms with van der Waals surface area (Å²) in [5.41, 5.74) is 9.38. The van der Waals surface area contributed by atoms with Gasteiger partial charge in [-0.2, -0.15) is 0 Å². The number of ketones is 1. The minimum absolute atomic E-state index is 0.208. The Morgan fingerprint density at radius 3 is 2.50 bits per heavy atom. The van der Waals surface area contributed by atoms with E-state index < -0.39 is 0 Å². The molecule has 0 bridgehead atoms. The lowest BCUT2D eigenvalue weighted by atomic mass is 10.0. The highest BCUT2D eigenvalue weighted by Gasteiger charge is 2.08. The van der Waals surface area contributed by atoms with E-state index in [1.54, 1.807) is 6.08 Å². The van der Waals surface area contributed by atoms with Gasteiger partial charge in [0.15, 0.2) is 5.78 Å². The first kappa shape index (κ1) is 10.7. The van der Waals surface area contributed by atoms with Gasteiger partial charge in [-0.1, -0.05) is 17.7 Å². The molecule has 0 spiro atoms. The van der Waals surface area contributed by atoms with E-state index in [4.69, 9.17) is 0 Å². The van der Waals surface area contributed by atoms with E-state index in [9.17, 15) is 4.79 Å². The minimum atomic E-state index is 0.208. The van der Waals surface area contributed by atoms with Crippen LogP contribution in [0.15, 0.2) is 36.0 Å². The number of aryl methyl sites for hydroxylation is 1. The molecule has 1 aliphatic carbocycles. The first-order valence-corrected chi connectivity index (χ1v) is 5.56. The molecule has 1 aliphatic rings. The van der Waals surface area contributed by atoms with Gasteiger partial charge in [-0.15, -0.1) is 0 Å². The molecular formula is C13H16N2O. The quantitative estimate of drug-likeness (QED) is 0.763. The zero-order chi connectivity index (χ0) is 11.4. The summed E-state index contributed by atoms with van der Waals surface area (Å²) < 4.78 is 0. The molecule has 0 heterocycles. The molecule has 0 atom stereocenters. The van der Waals surface area contributed by atoms with Gasteiger partial charge in [0.25, 0.3) is 0 Å². The van der Waals surface area contributed by atoms with Crippen molar-refractivity contribution in [3.8, 4) is 0 Å². The van der Waals surface area contributed by atoms with Crippen molar-refractivity contribution in [1.82, 2.24) is 5.43 Å². The Kier molecular flexibility index (Phi) is 3.25.